The van der Waals surface area contributed by atoms with E-state index in [1.54, 1.807) is 0 Å². The molecule has 0 heterocycles. The Hall–Kier alpha value is -3.91. The Morgan fingerprint density at radius 3 is 1.74 bits per heavy atom. The Morgan fingerprint density at radius 2 is 1.23 bits per heavy atom. The molecule has 0 aromatic heterocycles. The highest BCUT2D eigenvalue weighted by molar-refractivity contribution is 6.74. The van der Waals surface area contributed by atoms with Crippen LogP contribution in [0.5, 0.6) is 11.5 Å². The van der Waals surface area contributed by atoms with Crippen LogP contribution in [0.2, 0.25) is 18.1 Å². The zero-order valence-corrected chi connectivity index (χ0v) is 30.0. The van der Waals surface area contributed by atoms with Gasteiger partial charge in [-0.2, -0.15) is 0 Å². The van der Waals surface area contributed by atoms with E-state index in [1.807, 2.05) is 60.7 Å². The second-order valence-corrected chi connectivity index (χ2v) is 19.2. The van der Waals surface area contributed by atoms with Gasteiger partial charge in [0.2, 0.25) is 0 Å². The predicted molar refractivity (Wildman–Crippen MR) is 193 cm³/mol. The topological polar surface area (TPSA) is 77.0 Å². The van der Waals surface area contributed by atoms with Crippen molar-refractivity contribution in [1.29, 1.82) is 0 Å². The highest BCUT2D eigenvalue weighted by Gasteiger charge is 2.40. The van der Waals surface area contributed by atoms with Gasteiger partial charge in [-0.1, -0.05) is 106 Å². The Kier molecular flexibility index (Phi) is 12.1. The minimum absolute atomic E-state index is 0.0133. The summed E-state index contributed by atoms with van der Waals surface area (Å²) in [7, 11) is -2.20. The highest BCUT2D eigenvalue weighted by Crippen LogP contribution is 2.41. The lowest BCUT2D eigenvalue weighted by Crippen LogP contribution is -2.47. The molecule has 1 atom stereocenters. The first-order valence-corrected chi connectivity index (χ1v) is 19.3. The van der Waals surface area contributed by atoms with Gasteiger partial charge in [-0.25, -0.2) is 0 Å². The maximum atomic E-state index is 11.3. The molecule has 4 rings (SSSR count). The Labute approximate surface area is 282 Å². The first kappa shape index (κ1) is 35.9. The van der Waals surface area contributed by atoms with Gasteiger partial charge in [-0.15, -0.1) is 0 Å². The second-order valence-electron chi connectivity index (χ2n) is 14.5. The van der Waals surface area contributed by atoms with Crippen LogP contribution >= 0.6 is 0 Å². The predicted octanol–water partition coefficient (Wildman–Crippen LogP) is 9.15. The normalized spacial score (nSPS) is 12.8. The average Bonchev–Trinajstić information content (AvgIpc) is 3.01. The lowest BCUT2D eigenvalue weighted by Gasteiger charge is -2.40. The van der Waals surface area contributed by atoms with E-state index in [4.69, 9.17) is 13.9 Å². The number of carboxylic acid groups (broad SMARTS) is 1. The lowest BCUT2D eigenvalue weighted by molar-refractivity contribution is -0.136. The molecule has 4 aromatic carbocycles. The molecule has 47 heavy (non-hydrogen) atoms. The molecule has 0 spiro atoms. The molecule has 2 N–H and O–H groups in total. The van der Waals surface area contributed by atoms with Crippen LogP contribution in [0.3, 0.4) is 0 Å². The molecule has 0 unspecified atom stereocenters. The highest BCUT2D eigenvalue weighted by atomic mass is 28.4. The van der Waals surface area contributed by atoms with Gasteiger partial charge >= 0.3 is 5.97 Å². The number of rotatable bonds is 16. The van der Waals surface area contributed by atoms with Crippen LogP contribution in [0.4, 0.5) is 0 Å². The van der Waals surface area contributed by atoms with Crippen molar-refractivity contribution in [3.05, 3.63) is 131 Å². The molecule has 0 aliphatic rings. The number of nitrogens with one attached hydrogen (secondary N) is 1. The Balaban J connectivity index is 1.62. The summed E-state index contributed by atoms with van der Waals surface area (Å²) >= 11 is 0. The zero-order chi connectivity index (χ0) is 34.1. The summed E-state index contributed by atoms with van der Waals surface area (Å²) in [6.45, 7) is 17.1. The molecule has 0 aliphatic carbocycles. The van der Waals surface area contributed by atoms with Gasteiger partial charge in [0.1, 0.15) is 24.7 Å². The smallest absolute Gasteiger partial charge is 0.307 e. The van der Waals surface area contributed by atoms with E-state index in [-0.39, 0.29) is 23.1 Å². The van der Waals surface area contributed by atoms with E-state index >= 15 is 0 Å². The van der Waals surface area contributed by atoms with Crippen LogP contribution < -0.4 is 14.8 Å². The first-order valence-electron chi connectivity index (χ1n) is 16.4. The molecule has 6 nitrogen and oxygen atoms in total. The fourth-order valence-electron chi connectivity index (χ4n) is 5.15. The minimum atomic E-state index is -2.20. The van der Waals surface area contributed by atoms with Gasteiger partial charge < -0.3 is 24.3 Å². The maximum absolute atomic E-state index is 11.3. The van der Waals surface area contributed by atoms with Crippen molar-refractivity contribution in [3.63, 3.8) is 0 Å². The molecule has 0 bridgehead atoms. The van der Waals surface area contributed by atoms with Crippen molar-refractivity contribution in [3.8, 4) is 11.5 Å². The fraction of sp³-hybridized carbons (Fsp3) is 0.375. The van der Waals surface area contributed by atoms with Gasteiger partial charge in [0, 0.05) is 18.2 Å². The summed E-state index contributed by atoms with van der Waals surface area (Å²) in [5, 5.41) is 13.1. The molecular weight excluding hydrogens is 603 g/mol. The Morgan fingerprint density at radius 1 is 0.723 bits per heavy atom. The quantitative estimate of drug-likeness (QED) is 0.118. The van der Waals surface area contributed by atoms with Crippen molar-refractivity contribution in [2.75, 3.05) is 6.54 Å². The third kappa shape index (κ3) is 11.4. The number of hydrogen-bond acceptors (Lipinski definition) is 5. The van der Waals surface area contributed by atoms with E-state index in [0.717, 1.165) is 45.7 Å². The fourth-order valence-corrected chi connectivity index (χ4v) is 6.44. The zero-order valence-electron chi connectivity index (χ0n) is 29.0. The number of aliphatic carboxylic acids is 1. The van der Waals surface area contributed by atoms with Gasteiger partial charge in [-0.05, 0) is 78.4 Å². The van der Waals surface area contributed by atoms with Gasteiger partial charge in [0.25, 0.3) is 0 Å². The summed E-state index contributed by atoms with van der Waals surface area (Å²) in [6.07, 6.45) is 0.494. The number of benzene rings is 4. The summed E-state index contributed by atoms with van der Waals surface area (Å²) in [5.74, 6) is 0.632. The Bertz CT molecular complexity index is 1520. The van der Waals surface area contributed by atoms with E-state index < -0.39 is 14.3 Å². The van der Waals surface area contributed by atoms with Crippen molar-refractivity contribution in [2.24, 2.45) is 0 Å². The monoisotopic (exact) mass is 653 g/mol. The van der Waals surface area contributed by atoms with Crippen LogP contribution in [0.25, 0.3) is 0 Å². The summed E-state index contributed by atoms with van der Waals surface area (Å²) in [6, 6.07) is 34.3. The molecular formula is C40H51NO5Si. The molecule has 4 aromatic rings. The van der Waals surface area contributed by atoms with Crippen LogP contribution in [-0.4, -0.2) is 31.5 Å². The van der Waals surface area contributed by atoms with Crippen molar-refractivity contribution in [2.45, 2.75) is 90.4 Å². The lowest BCUT2D eigenvalue weighted by atomic mass is 9.93. The third-order valence-corrected chi connectivity index (χ3v) is 13.3. The maximum Gasteiger partial charge on any atom is 0.307 e. The number of ether oxygens (including phenoxy) is 2. The minimum Gasteiger partial charge on any atom is -0.489 e. The summed E-state index contributed by atoms with van der Waals surface area (Å²) < 4.78 is 19.8. The van der Waals surface area contributed by atoms with Crippen LogP contribution in [0, 0.1) is 0 Å². The molecule has 250 valence electrons. The standard InChI is InChI=1S/C40H51NO5Si/c1-39(2,3)47(6,7)46-37(27-41-40(4,5)26-33-20-14-19-32(21-33)22-38(42)43)34-23-35(44-28-30-15-10-8-11-16-30)25-36(24-34)45-29-31-17-12-9-13-18-31/h8-21,23-25,37,41H,22,26-29H2,1-7H3,(H,42,43)/t37-/m0/s1. The summed E-state index contributed by atoms with van der Waals surface area (Å²) in [5.41, 5.74) is 4.79. The van der Waals surface area contributed by atoms with Gasteiger partial charge in [0.15, 0.2) is 8.32 Å². The second kappa shape index (κ2) is 15.8. The van der Waals surface area contributed by atoms with E-state index in [2.05, 4.69) is 95.5 Å². The van der Waals surface area contributed by atoms with Crippen molar-refractivity contribution < 1.29 is 23.8 Å². The van der Waals surface area contributed by atoms with Gasteiger partial charge in [-0.3, -0.25) is 4.79 Å². The molecule has 0 amide bonds. The molecule has 0 saturated heterocycles. The molecule has 0 radical (unpaired) electrons. The van der Waals surface area contributed by atoms with E-state index in [9.17, 15) is 9.90 Å². The first-order chi connectivity index (χ1) is 22.2. The van der Waals surface area contributed by atoms with E-state index in [1.165, 1.54) is 0 Å². The summed E-state index contributed by atoms with van der Waals surface area (Å²) in [4.78, 5) is 11.3. The van der Waals surface area contributed by atoms with Crippen LogP contribution in [-0.2, 0) is 35.3 Å². The molecule has 0 saturated carbocycles. The molecule has 7 heteroatoms. The van der Waals surface area contributed by atoms with E-state index in [0.29, 0.717) is 19.8 Å². The van der Waals surface area contributed by atoms with Crippen molar-refractivity contribution >= 4 is 14.3 Å². The third-order valence-electron chi connectivity index (χ3n) is 8.77. The van der Waals surface area contributed by atoms with Gasteiger partial charge in [0.05, 0.1) is 12.5 Å². The van der Waals surface area contributed by atoms with Crippen molar-refractivity contribution in [1.82, 2.24) is 5.32 Å². The number of carboxylic acids is 1. The number of carbonyl (C=O) groups is 1. The van der Waals surface area contributed by atoms with Crippen LogP contribution in [0.1, 0.15) is 68.5 Å². The largest absolute Gasteiger partial charge is 0.489 e. The molecule has 0 aliphatic heterocycles. The molecule has 0 fully saturated rings. The average molecular weight is 654 g/mol. The SMILES string of the molecule is CC(C)(Cc1cccc(CC(=O)O)c1)NC[C@H](O[Si](C)(C)C(C)(C)C)c1cc(OCc2ccccc2)cc(OCc2ccccc2)c1. The van der Waals surface area contributed by atoms with Crippen LogP contribution in [0.15, 0.2) is 103 Å². The number of hydrogen-bond donors (Lipinski definition) is 2.